The predicted molar refractivity (Wildman–Crippen MR) is 117 cm³/mol. The third-order valence-electron chi connectivity index (χ3n) is 5.54. The molecule has 0 spiro atoms. The Bertz CT molecular complexity index is 1070. The normalized spacial score (nSPS) is 19.2. The van der Waals surface area contributed by atoms with Crippen molar-refractivity contribution >= 4 is 19.8 Å². The number of fused-ring (bicyclic) bond motifs is 2. The van der Waals surface area contributed by atoms with Gasteiger partial charge in [-0.05, 0) is 51.7 Å². The van der Waals surface area contributed by atoms with Crippen LogP contribution in [0.2, 0.25) is 0 Å². The average Bonchev–Trinajstić information content (AvgIpc) is 3.27. The van der Waals surface area contributed by atoms with Crippen molar-refractivity contribution in [3.05, 3.63) is 70.8 Å². The summed E-state index contributed by atoms with van der Waals surface area (Å²) in [5.41, 5.74) is 2.92. The van der Waals surface area contributed by atoms with E-state index in [4.69, 9.17) is 9.47 Å². The quantitative estimate of drug-likeness (QED) is 0.212. The van der Waals surface area contributed by atoms with Gasteiger partial charge in [0.15, 0.2) is 0 Å². The van der Waals surface area contributed by atoms with Crippen molar-refractivity contribution in [1.29, 1.82) is 0 Å². The van der Waals surface area contributed by atoms with Crippen molar-refractivity contribution in [3.63, 3.8) is 0 Å². The SMILES string of the molecule is CC(CC[C@@H]1OC(=O)c2ccccc21)OP(=O)([O-])[O-].CC(O)CC[C@@H]1OC(=O)c2ccccc21.[Na+].[Na+]. The Balaban J connectivity index is 0.000000349. The molecule has 36 heavy (non-hydrogen) atoms. The summed E-state index contributed by atoms with van der Waals surface area (Å²) in [6.45, 7) is 3.23. The van der Waals surface area contributed by atoms with E-state index in [1.165, 1.54) is 6.92 Å². The van der Waals surface area contributed by atoms with Crippen molar-refractivity contribution in [2.24, 2.45) is 0 Å². The van der Waals surface area contributed by atoms with E-state index in [2.05, 4.69) is 4.52 Å². The zero-order valence-corrected chi connectivity index (χ0v) is 25.8. The summed E-state index contributed by atoms with van der Waals surface area (Å²) in [7, 11) is -4.97. The van der Waals surface area contributed by atoms with Gasteiger partial charge < -0.3 is 33.5 Å². The minimum atomic E-state index is -4.97. The molecule has 12 heteroatoms. The molecule has 0 bridgehead atoms. The van der Waals surface area contributed by atoms with Crippen molar-refractivity contribution in [2.75, 3.05) is 0 Å². The summed E-state index contributed by atoms with van der Waals surface area (Å²) in [5, 5.41) is 9.19. The Morgan fingerprint density at radius 1 is 0.861 bits per heavy atom. The van der Waals surface area contributed by atoms with Gasteiger partial charge >= 0.3 is 71.1 Å². The van der Waals surface area contributed by atoms with E-state index in [-0.39, 0.29) is 83.3 Å². The summed E-state index contributed by atoms with van der Waals surface area (Å²) < 4.78 is 25.2. The number of carbonyl (C=O) groups excluding carboxylic acids is 2. The summed E-state index contributed by atoms with van der Waals surface area (Å²) in [6.07, 6.45) is 0.372. The first-order valence-electron chi connectivity index (χ1n) is 11.0. The summed E-state index contributed by atoms with van der Waals surface area (Å²) >= 11 is 0. The Hall–Kier alpha value is -0.550. The van der Waals surface area contributed by atoms with Crippen LogP contribution < -0.4 is 68.9 Å². The van der Waals surface area contributed by atoms with Crippen molar-refractivity contribution in [1.82, 2.24) is 0 Å². The zero-order valence-electron chi connectivity index (χ0n) is 20.9. The maximum Gasteiger partial charge on any atom is 1.00 e. The van der Waals surface area contributed by atoms with Gasteiger partial charge in [-0.1, -0.05) is 36.4 Å². The first-order chi connectivity index (χ1) is 16.0. The zero-order chi connectivity index (χ0) is 24.9. The van der Waals surface area contributed by atoms with Gasteiger partial charge in [-0.15, -0.1) is 0 Å². The molecule has 0 radical (unpaired) electrons. The molecule has 2 aromatic carbocycles. The van der Waals surface area contributed by atoms with Gasteiger partial charge in [0, 0.05) is 11.1 Å². The molecule has 0 aromatic heterocycles. The Labute approximate surface area is 254 Å². The van der Waals surface area contributed by atoms with Crippen molar-refractivity contribution < 1.29 is 102 Å². The molecule has 184 valence electrons. The van der Waals surface area contributed by atoms with Crippen LogP contribution in [0, 0.1) is 0 Å². The van der Waals surface area contributed by atoms with Crippen LogP contribution in [0.15, 0.2) is 48.5 Å². The molecule has 0 saturated heterocycles. The molecule has 4 atom stereocenters. The van der Waals surface area contributed by atoms with Gasteiger partial charge in [-0.3, -0.25) is 0 Å². The molecule has 0 amide bonds. The molecule has 0 aliphatic carbocycles. The van der Waals surface area contributed by atoms with E-state index in [0.29, 0.717) is 36.8 Å². The van der Waals surface area contributed by atoms with E-state index >= 15 is 0 Å². The monoisotopic (exact) mass is 536 g/mol. The van der Waals surface area contributed by atoms with Gasteiger partial charge in [0.1, 0.15) is 12.2 Å². The summed E-state index contributed by atoms with van der Waals surface area (Å²) in [5.74, 6) is -0.631. The second-order valence-electron chi connectivity index (χ2n) is 8.33. The number of ether oxygens (including phenoxy) is 2. The minimum Gasteiger partial charge on any atom is -0.790 e. The molecule has 0 fully saturated rings. The molecular formula is C24H27Na2O9P. The molecule has 2 aromatic rings. The van der Waals surface area contributed by atoms with Crippen LogP contribution in [0.25, 0.3) is 0 Å². The number of rotatable bonds is 8. The van der Waals surface area contributed by atoms with Crippen LogP contribution >= 0.6 is 7.82 Å². The summed E-state index contributed by atoms with van der Waals surface area (Å²) in [4.78, 5) is 43.9. The first kappa shape index (κ1) is 33.5. The van der Waals surface area contributed by atoms with Gasteiger partial charge in [0.05, 0.1) is 31.2 Å². The van der Waals surface area contributed by atoms with Gasteiger partial charge in [0.25, 0.3) is 0 Å². The standard InChI is InChI=1S/C12H15O6P.C12H14O3.2Na/c1-8(18-19(14,15)16)6-7-11-9-4-2-3-5-10(9)12(13)17-11;1-8(13)6-7-11-9-4-2-3-5-10(9)12(14)15-11;;/h2-5,8,11H,6-7H2,1H3,(H2,14,15,16);2-5,8,11,13H,6-7H2,1H3;;/q;;2*+1/p-2/t2*8?,11-;;/m00../s1. The minimum absolute atomic E-state index is 0. The molecule has 1 N–H and O–H groups in total. The van der Waals surface area contributed by atoms with Crippen LogP contribution in [-0.2, 0) is 18.6 Å². The van der Waals surface area contributed by atoms with E-state index in [9.17, 15) is 29.0 Å². The Morgan fingerprint density at radius 2 is 1.28 bits per heavy atom. The number of phosphoric acid groups is 1. The molecule has 9 nitrogen and oxygen atoms in total. The topological polar surface area (TPSA) is 145 Å². The number of carbonyl (C=O) groups is 2. The fourth-order valence-corrected chi connectivity index (χ4v) is 4.47. The van der Waals surface area contributed by atoms with E-state index in [1.54, 1.807) is 37.3 Å². The number of aliphatic hydroxyl groups is 1. The molecule has 2 unspecified atom stereocenters. The van der Waals surface area contributed by atoms with Gasteiger partial charge in [0.2, 0.25) is 0 Å². The van der Waals surface area contributed by atoms with Gasteiger partial charge in [-0.2, -0.15) is 0 Å². The number of phosphoric ester groups is 1. The van der Waals surface area contributed by atoms with Gasteiger partial charge in [-0.25, -0.2) is 9.59 Å². The Kier molecular flexibility index (Phi) is 14.1. The second-order valence-corrected chi connectivity index (χ2v) is 9.43. The number of esters is 2. The first-order valence-corrected chi connectivity index (χ1v) is 12.5. The summed E-state index contributed by atoms with van der Waals surface area (Å²) in [6, 6.07) is 14.4. The third kappa shape index (κ3) is 9.64. The van der Waals surface area contributed by atoms with Crippen LogP contribution in [-0.4, -0.2) is 29.3 Å². The van der Waals surface area contributed by atoms with E-state index in [1.807, 2.05) is 18.2 Å². The average molecular weight is 536 g/mol. The van der Waals surface area contributed by atoms with Crippen LogP contribution in [0.4, 0.5) is 0 Å². The number of hydrogen-bond acceptors (Lipinski definition) is 9. The predicted octanol–water partition coefficient (Wildman–Crippen LogP) is -3.02. The van der Waals surface area contributed by atoms with E-state index in [0.717, 1.165) is 11.1 Å². The number of cyclic esters (lactones) is 2. The number of benzene rings is 2. The van der Waals surface area contributed by atoms with E-state index < -0.39 is 20.0 Å². The molecule has 2 heterocycles. The molecule has 2 aliphatic heterocycles. The number of aliphatic hydroxyl groups excluding tert-OH is 1. The van der Waals surface area contributed by atoms with Crippen molar-refractivity contribution in [2.45, 2.75) is 63.9 Å². The maximum atomic E-state index is 11.6. The van der Waals surface area contributed by atoms with Crippen molar-refractivity contribution in [3.8, 4) is 0 Å². The van der Waals surface area contributed by atoms with Crippen LogP contribution in [0.1, 0.15) is 83.6 Å². The number of hydrogen-bond donors (Lipinski definition) is 1. The molecule has 4 rings (SSSR count). The molecule has 2 aliphatic rings. The molecule has 0 saturated carbocycles. The van der Waals surface area contributed by atoms with Crippen LogP contribution in [0.5, 0.6) is 0 Å². The largest absolute Gasteiger partial charge is 1.00 e. The second kappa shape index (κ2) is 15.1. The fraction of sp³-hybridized carbons (Fsp3) is 0.417. The molecular weight excluding hydrogens is 509 g/mol. The third-order valence-corrected chi connectivity index (χ3v) is 6.16. The fourth-order valence-electron chi connectivity index (χ4n) is 3.92. The smallest absolute Gasteiger partial charge is 0.790 e. The maximum absolute atomic E-state index is 11.6. The Morgan fingerprint density at radius 3 is 1.69 bits per heavy atom. The van der Waals surface area contributed by atoms with Crippen LogP contribution in [0.3, 0.4) is 0 Å².